The molecule has 9 aromatic rings. The number of halogens is 1. The highest BCUT2D eigenvalue weighted by molar-refractivity contribution is 5.72. The number of benzene rings is 6. The smallest absolute Gasteiger partial charge is 0.287 e. The molecule has 0 aliphatic carbocycles. The number of imidazole rings is 2. The van der Waals surface area contributed by atoms with E-state index >= 15 is 4.39 Å². The lowest BCUT2D eigenvalue weighted by Gasteiger charge is -2.37. The van der Waals surface area contributed by atoms with Crippen LogP contribution in [0.2, 0.25) is 0 Å². The van der Waals surface area contributed by atoms with Gasteiger partial charge < -0.3 is 33.5 Å². The molecule has 0 radical (unpaired) electrons. The molecule has 1 aliphatic heterocycles. The summed E-state index contributed by atoms with van der Waals surface area (Å²) < 4.78 is 57.1. The van der Waals surface area contributed by atoms with E-state index in [-0.39, 0.29) is 23.5 Å². The van der Waals surface area contributed by atoms with Crippen molar-refractivity contribution < 1.29 is 37.9 Å². The van der Waals surface area contributed by atoms with Crippen LogP contribution in [-0.2, 0) is 20.6 Å². The van der Waals surface area contributed by atoms with Gasteiger partial charge in [-0.1, -0.05) is 109 Å². The van der Waals surface area contributed by atoms with Crippen molar-refractivity contribution in [3.05, 3.63) is 220 Å². The van der Waals surface area contributed by atoms with Crippen LogP contribution in [0.5, 0.6) is 23.0 Å². The summed E-state index contributed by atoms with van der Waals surface area (Å²) in [4.78, 5) is 24.1. The normalized spacial score (nSPS) is 17.4. The van der Waals surface area contributed by atoms with Crippen molar-refractivity contribution in [2.24, 2.45) is 0 Å². The van der Waals surface area contributed by atoms with E-state index in [1.54, 1.807) is 34.6 Å². The molecule has 13 nitrogen and oxygen atoms in total. The highest BCUT2D eigenvalue weighted by atomic mass is 19.1. The number of aromatic nitrogens is 5. The first kappa shape index (κ1) is 44.1. The van der Waals surface area contributed by atoms with Crippen LogP contribution in [0.1, 0.15) is 39.6 Å². The van der Waals surface area contributed by atoms with Crippen molar-refractivity contribution in [2.45, 2.75) is 35.7 Å². The Kier molecular flexibility index (Phi) is 11.8. The summed E-state index contributed by atoms with van der Waals surface area (Å²) in [7, 11) is 6.42. The summed E-state index contributed by atoms with van der Waals surface area (Å²) in [6.45, 7) is -0.291. The number of nitrogens with zero attached hydrogens (tertiary/aromatic N) is 5. The van der Waals surface area contributed by atoms with Crippen LogP contribution in [0.15, 0.2) is 181 Å². The fraction of sp³-hybridized carbons (Fsp3) is 0.204. The van der Waals surface area contributed by atoms with E-state index in [1.165, 1.54) is 15.3 Å². The van der Waals surface area contributed by atoms with E-state index in [0.717, 1.165) is 33.4 Å². The van der Waals surface area contributed by atoms with Crippen LogP contribution in [-0.4, -0.2) is 82.0 Å². The average Bonchev–Trinajstić information content (AvgIpc) is 4.11. The molecule has 68 heavy (non-hydrogen) atoms. The molecule has 4 atom stereocenters. The third-order valence-electron chi connectivity index (χ3n) is 13.0. The molecule has 1 N–H and O–H groups in total. The molecule has 4 heterocycles. The summed E-state index contributed by atoms with van der Waals surface area (Å²) >= 11 is 0. The van der Waals surface area contributed by atoms with Crippen molar-refractivity contribution in [1.82, 2.24) is 23.5 Å². The molecule has 6 aromatic carbocycles. The number of aliphatic hydroxyl groups is 1. The Labute approximate surface area is 391 Å². The Bertz CT molecular complexity index is 3120. The summed E-state index contributed by atoms with van der Waals surface area (Å²) in [5.74, 6) is 2.88. The SMILES string of the molecule is COc1ccc(C(OC[C@H]2O[C@@H](n3cnc4c(=O)n5ccn(C(c6ccccc6)(c6ccc(OC)cc6)c6ccc(OC)cc6)c5nc43)[C@H](O)[C@@H]2F)(c2ccccc2)c2ccc(OC)cc2)cc1. The molecular weight excluding hydrogens is 866 g/mol. The van der Waals surface area contributed by atoms with Gasteiger partial charge in [0.25, 0.3) is 5.56 Å². The predicted molar refractivity (Wildman–Crippen MR) is 254 cm³/mol. The maximum absolute atomic E-state index is 16.7. The van der Waals surface area contributed by atoms with E-state index < -0.39 is 41.3 Å². The van der Waals surface area contributed by atoms with Gasteiger partial charge in [-0.3, -0.25) is 13.9 Å². The zero-order valence-electron chi connectivity index (χ0n) is 37.7. The molecule has 0 amide bonds. The Balaban J connectivity index is 1.08. The molecule has 344 valence electrons. The van der Waals surface area contributed by atoms with Gasteiger partial charge in [0.15, 0.2) is 23.6 Å². The fourth-order valence-corrected chi connectivity index (χ4v) is 9.54. The third-order valence-corrected chi connectivity index (χ3v) is 13.0. The second-order valence-corrected chi connectivity index (χ2v) is 16.4. The van der Waals surface area contributed by atoms with Gasteiger partial charge in [-0.2, -0.15) is 4.98 Å². The lowest BCUT2D eigenvalue weighted by molar-refractivity contribution is -0.0893. The molecule has 0 bridgehead atoms. The number of alkyl halides is 1. The van der Waals surface area contributed by atoms with Crippen LogP contribution in [0.25, 0.3) is 16.9 Å². The van der Waals surface area contributed by atoms with Gasteiger partial charge in [-0.15, -0.1) is 0 Å². The lowest BCUT2D eigenvalue weighted by atomic mass is 9.76. The molecule has 3 aromatic heterocycles. The van der Waals surface area contributed by atoms with Gasteiger partial charge in [0.2, 0.25) is 5.78 Å². The topological polar surface area (TPSA) is 133 Å². The zero-order chi connectivity index (χ0) is 47.0. The molecule has 10 rings (SSSR count). The Morgan fingerprint density at radius 2 is 1.06 bits per heavy atom. The quantitative estimate of drug-likeness (QED) is 0.100. The minimum Gasteiger partial charge on any atom is -0.497 e. The van der Waals surface area contributed by atoms with Gasteiger partial charge in [0, 0.05) is 12.4 Å². The van der Waals surface area contributed by atoms with Crippen molar-refractivity contribution >= 4 is 16.9 Å². The Morgan fingerprint density at radius 1 is 0.618 bits per heavy atom. The van der Waals surface area contributed by atoms with Gasteiger partial charge in [-0.25, -0.2) is 13.8 Å². The minimum absolute atomic E-state index is 0.00692. The first-order chi connectivity index (χ1) is 33.2. The fourth-order valence-electron chi connectivity index (χ4n) is 9.54. The molecule has 1 fully saturated rings. The van der Waals surface area contributed by atoms with Gasteiger partial charge in [0.05, 0.1) is 41.4 Å². The van der Waals surface area contributed by atoms with E-state index in [0.29, 0.717) is 23.0 Å². The van der Waals surface area contributed by atoms with Crippen LogP contribution < -0.4 is 24.5 Å². The molecule has 1 aliphatic rings. The molecule has 1 saturated heterocycles. The third kappa shape index (κ3) is 7.24. The van der Waals surface area contributed by atoms with E-state index in [9.17, 15) is 9.90 Å². The number of aliphatic hydroxyl groups excluding tert-OH is 1. The maximum atomic E-state index is 16.7. The molecule has 0 unspecified atom stereocenters. The standard InChI is InChI=1S/C54H48FN5O8/c1-63-41-23-15-36(16-24-41)53(35-11-7-5-8-12-35,37-17-25-42(64-2)26-18-37)60-32-31-58-50(62)47-49(57-52(58)60)59(34-56-47)51-48(61)46(55)45(68-51)33-67-54(38-13-9-6-10-14-38,39-19-27-43(65-3)28-20-39)40-21-29-44(66-4)30-22-40/h5-32,34,45-46,48,51,61H,33H2,1-4H3/t45-,46-,48-,51-/m1/s1. The predicted octanol–water partition coefficient (Wildman–Crippen LogP) is 8.33. The van der Waals surface area contributed by atoms with Gasteiger partial charge in [0.1, 0.15) is 46.3 Å². The number of rotatable bonds is 15. The van der Waals surface area contributed by atoms with Crippen LogP contribution in [0.4, 0.5) is 4.39 Å². The van der Waals surface area contributed by atoms with E-state index in [1.807, 2.05) is 168 Å². The lowest BCUT2D eigenvalue weighted by Crippen LogP contribution is -2.38. The van der Waals surface area contributed by atoms with E-state index in [4.69, 9.17) is 33.4 Å². The first-order valence-electron chi connectivity index (χ1n) is 22.0. The van der Waals surface area contributed by atoms with Crippen LogP contribution >= 0.6 is 0 Å². The molecule has 14 heteroatoms. The summed E-state index contributed by atoms with van der Waals surface area (Å²) in [6.07, 6.45) is -1.39. The summed E-state index contributed by atoms with van der Waals surface area (Å²) in [5.41, 5.74) is 2.03. The van der Waals surface area contributed by atoms with Crippen molar-refractivity contribution in [3.8, 4) is 23.0 Å². The second kappa shape index (κ2) is 18.1. The van der Waals surface area contributed by atoms with Gasteiger partial charge >= 0.3 is 0 Å². The largest absolute Gasteiger partial charge is 0.497 e. The summed E-state index contributed by atoms with van der Waals surface area (Å²) in [5, 5.41) is 11.7. The molecule has 0 saturated carbocycles. The first-order valence-corrected chi connectivity index (χ1v) is 22.0. The number of fused-ring (bicyclic) bond motifs is 2. The van der Waals surface area contributed by atoms with Crippen LogP contribution in [0, 0.1) is 0 Å². The Morgan fingerprint density at radius 3 is 1.54 bits per heavy atom. The monoisotopic (exact) mass is 913 g/mol. The van der Waals surface area contributed by atoms with Crippen molar-refractivity contribution in [2.75, 3.05) is 35.0 Å². The van der Waals surface area contributed by atoms with Crippen molar-refractivity contribution in [3.63, 3.8) is 0 Å². The number of hydrogen-bond acceptors (Lipinski definition) is 10. The highest BCUT2D eigenvalue weighted by Crippen LogP contribution is 2.45. The minimum atomic E-state index is -1.91. The number of hydrogen-bond donors (Lipinski definition) is 1. The van der Waals surface area contributed by atoms with Crippen LogP contribution in [0.3, 0.4) is 0 Å². The average molecular weight is 914 g/mol. The molecular formula is C54H48FN5O8. The second-order valence-electron chi connectivity index (χ2n) is 16.4. The number of ether oxygens (including phenoxy) is 6. The summed E-state index contributed by atoms with van der Waals surface area (Å²) in [6, 6.07) is 50.0. The Hall–Kier alpha value is -7.78. The highest BCUT2D eigenvalue weighted by Gasteiger charge is 2.48. The number of methoxy groups -OCH3 is 4. The maximum Gasteiger partial charge on any atom is 0.287 e. The zero-order valence-corrected chi connectivity index (χ0v) is 37.7. The van der Waals surface area contributed by atoms with Crippen molar-refractivity contribution in [1.29, 1.82) is 0 Å². The van der Waals surface area contributed by atoms with Gasteiger partial charge in [-0.05, 0) is 81.9 Å². The molecule has 0 spiro atoms. The van der Waals surface area contributed by atoms with E-state index in [2.05, 4.69) is 4.98 Å².